The molecule has 1 heterocycles. The number of benzene rings is 1. The number of hydrogen-bond acceptors (Lipinski definition) is 5. The van der Waals surface area contributed by atoms with Crippen molar-refractivity contribution in [2.24, 2.45) is 11.8 Å². The van der Waals surface area contributed by atoms with E-state index in [-0.39, 0.29) is 35.4 Å². The molecule has 1 aromatic heterocycles. The molecule has 0 aliphatic rings. The van der Waals surface area contributed by atoms with Crippen LogP contribution in [-0.4, -0.2) is 28.5 Å². The number of amides is 1. The summed E-state index contributed by atoms with van der Waals surface area (Å²) < 4.78 is 28.5. The molecule has 1 aromatic carbocycles. The van der Waals surface area contributed by atoms with Crippen LogP contribution in [0.4, 0.5) is 20.3 Å². The first-order chi connectivity index (χ1) is 14.9. The standard InChI is InChI=1S/C22H31F2N5O3/c1-12(2)9-28(19-20(25)29(10-13(3)4)22(32)27-21(19)31)11-18(30)26-14(5)16-7-6-15(23)8-17(16)24/h6-8,12-14H,9-11,25H2,1-5H3,(H,26,30)(H,27,31,32). The Morgan fingerprint density at radius 3 is 2.38 bits per heavy atom. The second-order valence-electron chi connectivity index (χ2n) is 8.73. The molecule has 1 atom stereocenters. The summed E-state index contributed by atoms with van der Waals surface area (Å²) in [4.78, 5) is 41.4. The second-order valence-corrected chi connectivity index (χ2v) is 8.73. The lowest BCUT2D eigenvalue weighted by Crippen LogP contribution is -2.45. The summed E-state index contributed by atoms with van der Waals surface area (Å²) in [5.74, 6) is -1.81. The minimum atomic E-state index is -0.765. The lowest BCUT2D eigenvalue weighted by molar-refractivity contribution is -0.120. The molecule has 2 rings (SSSR count). The molecule has 1 amide bonds. The van der Waals surface area contributed by atoms with Crippen LogP contribution in [0.2, 0.25) is 0 Å². The first kappa shape index (κ1) is 25.1. The van der Waals surface area contributed by atoms with Gasteiger partial charge >= 0.3 is 5.69 Å². The third-order valence-corrected chi connectivity index (χ3v) is 4.80. The van der Waals surface area contributed by atoms with E-state index in [9.17, 15) is 23.2 Å². The largest absolute Gasteiger partial charge is 0.383 e. The maximum atomic E-state index is 14.0. The number of H-pyrrole nitrogens is 1. The van der Waals surface area contributed by atoms with Gasteiger partial charge in [-0.1, -0.05) is 33.8 Å². The monoisotopic (exact) mass is 451 g/mol. The zero-order valence-corrected chi connectivity index (χ0v) is 19.0. The molecule has 10 heteroatoms. The molecular weight excluding hydrogens is 420 g/mol. The molecule has 4 N–H and O–H groups in total. The molecule has 0 aliphatic heterocycles. The van der Waals surface area contributed by atoms with E-state index in [1.54, 1.807) is 6.92 Å². The Hall–Kier alpha value is -3.17. The average molecular weight is 452 g/mol. The fourth-order valence-electron chi connectivity index (χ4n) is 3.50. The number of nitrogens with one attached hydrogen (secondary N) is 2. The third-order valence-electron chi connectivity index (χ3n) is 4.80. The van der Waals surface area contributed by atoms with Crippen molar-refractivity contribution in [1.29, 1.82) is 0 Å². The molecule has 0 fully saturated rings. The number of aromatic nitrogens is 2. The molecule has 0 radical (unpaired) electrons. The maximum Gasteiger partial charge on any atom is 0.330 e. The molecule has 1 unspecified atom stereocenters. The van der Waals surface area contributed by atoms with Crippen LogP contribution in [0.5, 0.6) is 0 Å². The molecule has 0 saturated heterocycles. The van der Waals surface area contributed by atoms with Crippen LogP contribution in [0.25, 0.3) is 0 Å². The van der Waals surface area contributed by atoms with Crippen molar-refractivity contribution in [3.05, 3.63) is 56.2 Å². The van der Waals surface area contributed by atoms with Gasteiger partial charge in [0.25, 0.3) is 5.56 Å². The van der Waals surface area contributed by atoms with E-state index in [4.69, 9.17) is 5.73 Å². The van der Waals surface area contributed by atoms with Crippen molar-refractivity contribution < 1.29 is 13.6 Å². The smallest absolute Gasteiger partial charge is 0.330 e. The number of anilines is 2. The van der Waals surface area contributed by atoms with Gasteiger partial charge in [-0.25, -0.2) is 13.6 Å². The van der Waals surface area contributed by atoms with Gasteiger partial charge in [0, 0.05) is 24.7 Å². The lowest BCUT2D eigenvalue weighted by Gasteiger charge is -2.28. The van der Waals surface area contributed by atoms with Crippen LogP contribution < -0.4 is 27.2 Å². The number of hydrogen-bond donors (Lipinski definition) is 3. The van der Waals surface area contributed by atoms with Crippen molar-refractivity contribution in [3.8, 4) is 0 Å². The average Bonchev–Trinajstić information content (AvgIpc) is 2.63. The highest BCUT2D eigenvalue weighted by atomic mass is 19.1. The van der Waals surface area contributed by atoms with Crippen LogP contribution in [0.15, 0.2) is 27.8 Å². The van der Waals surface area contributed by atoms with Crippen molar-refractivity contribution in [3.63, 3.8) is 0 Å². The van der Waals surface area contributed by atoms with E-state index < -0.39 is 34.8 Å². The highest BCUT2D eigenvalue weighted by Crippen LogP contribution is 2.20. The summed E-state index contributed by atoms with van der Waals surface area (Å²) in [6.45, 7) is 9.60. The zero-order chi connectivity index (χ0) is 24.2. The number of aromatic amines is 1. The quantitative estimate of drug-likeness (QED) is 0.542. The maximum absolute atomic E-state index is 14.0. The molecule has 32 heavy (non-hydrogen) atoms. The van der Waals surface area contributed by atoms with Crippen LogP contribution in [-0.2, 0) is 11.3 Å². The highest BCUT2D eigenvalue weighted by molar-refractivity contribution is 5.82. The van der Waals surface area contributed by atoms with Crippen LogP contribution >= 0.6 is 0 Å². The van der Waals surface area contributed by atoms with E-state index in [0.717, 1.165) is 12.1 Å². The molecule has 0 spiro atoms. The summed E-state index contributed by atoms with van der Waals surface area (Å²) in [6, 6.07) is 2.41. The Bertz CT molecular complexity index is 1080. The van der Waals surface area contributed by atoms with Crippen LogP contribution in [0.1, 0.15) is 46.2 Å². The second kappa shape index (κ2) is 10.4. The van der Waals surface area contributed by atoms with Crippen LogP contribution in [0.3, 0.4) is 0 Å². The Labute approximate surface area is 185 Å². The minimum Gasteiger partial charge on any atom is -0.383 e. The van der Waals surface area contributed by atoms with Gasteiger partial charge < -0.3 is 16.0 Å². The van der Waals surface area contributed by atoms with E-state index in [1.807, 2.05) is 27.7 Å². The zero-order valence-electron chi connectivity index (χ0n) is 19.0. The van der Waals surface area contributed by atoms with E-state index in [0.29, 0.717) is 13.1 Å². The van der Waals surface area contributed by atoms with Gasteiger partial charge in [-0.3, -0.25) is 19.1 Å². The number of carbonyl (C=O) groups excluding carboxylic acids is 1. The van der Waals surface area contributed by atoms with Gasteiger partial charge in [0.15, 0.2) is 0 Å². The number of halogens is 2. The summed E-state index contributed by atoms with van der Waals surface area (Å²) >= 11 is 0. The van der Waals surface area contributed by atoms with Crippen LogP contribution in [0, 0.1) is 23.5 Å². The SMILES string of the molecule is CC(C)CN(CC(=O)NC(C)c1ccc(F)cc1F)c1c(N)n(CC(C)C)c(=O)[nH]c1=O. The predicted molar refractivity (Wildman–Crippen MR) is 121 cm³/mol. The first-order valence-electron chi connectivity index (χ1n) is 10.5. The summed E-state index contributed by atoms with van der Waals surface area (Å²) in [7, 11) is 0. The van der Waals surface area contributed by atoms with Crippen molar-refractivity contribution >= 4 is 17.4 Å². The summed E-state index contributed by atoms with van der Waals surface area (Å²) in [5.41, 5.74) is 5.08. The Morgan fingerprint density at radius 1 is 1.16 bits per heavy atom. The first-order valence-corrected chi connectivity index (χ1v) is 10.5. The van der Waals surface area contributed by atoms with Crippen molar-refractivity contribution in [2.75, 3.05) is 23.7 Å². The van der Waals surface area contributed by atoms with Gasteiger partial charge in [0.1, 0.15) is 23.1 Å². The number of nitrogens with two attached hydrogens (primary N) is 1. The van der Waals surface area contributed by atoms with E-state index in [2.05, 4.69) is 10.3 Å². The fraction of sp³-hybridized carbons (Fsp3) is 0.500. The summed E-state index contributed by atoms with van der Waals surface area (Å²) in [6.07, 6.45) is 0. The molecule has 8 nitrogen and oxygen atoms in total. The molecule has 176 valence electrons. The molecule has 0 saturated carbocycles. The number of nitrogens with zero attached hydrogens (tertiary/aromatic N) is 2. The van der Waals surface area contributed by atoms with Crippen molar-refractivity contribution in [1.82, 2.24) is 14.9 Å². The van der Waals surface area contributed by atoms with Gasteiger partial charge in [-0.05, 0) is 24.8 Å². The van der Waals surface area contributed by atoms with Gasteiger partial charge in [0.2, 0.25) is 5.91 Å². The Kier molecular flexibility index (Phi) is 8.18. The Balaban J connectivity index is 2.34. The Morgan fingerprint density at radius 2 is 1.81 bits per heavy atom. The highest BCUT2D eigenvalue weighted by Gasteiger charge is 2.23. The van der Waals surface area contributed by atoms with E-state index >= 15 is 0 Å². The van der Waals surface area contributed by atoms with Gasteiger partial charge in [0.05, 0.1) is 12.6 Å². The lowest BCUT2D eigenvalue weighted by atomic mass is 10.1. The minimum absolute atomic E-state index is 0.0153. The molecular formula is C22H31F2N5O3. The van der Waals surface area contributed by atoms with Gasteiger partial charge in [-0.15, -0.1) is 0 Å². The summed E-state index contributed by atoms with van der Waals surface area (Å²) in [5, 5.41) is 2.66. The van der Waals surface area contributed by atoms with Gasteiger partial charge in [-0.2, -0.15) is 0 Å². The number of nitrogen functional groups attached to an aromatic ring is 1. The normalized spacial score (nSPS) is 12.3. The predicted octanol–water partition coefficient (Wildman–Crippen LogP) is 2.39. The van der Waals surface area contributed by atoms with E-state index in [1.165, 1.54) is 15.5 Å². The number of carbonyl (C=O) groups is 1. The third kappa shape index (κ3) is 6.18. The molecule has 0 bridgehead atoms. The number of rotatable bonds is 9. The fourth-order valence-corrected chi connectivity index (χ4v) is 3.50. The molecule has 2 aromatic rings. The molecule has 0 aliphatic carbocycles. The topological polar surface area (TPSA) is 113 Å². The van der Waals surface area contributed by atoms with Crippen molar-refractivity contribution in [2.45, 2.75) is 47.2 Å².